The van der Waals surface area contributed by atoms with E-state index < -0.39 is 12.4 Å². The molecule has 3 aromatic rings. The summed E-state index contributed by atoms with van der Waals surface area (Å²) in [5.74, 6) is -0.511. The number of hydrogen-bond acceptors (Lipinski definition) is 6. The lowest BCUT2D eigenvalue weighted by atomic mass is 9.85. The van der Waals surface area contributed by atoms with Gasteiger partial charge in [-0.2, -0.15) is 0 Å². The van der Waals surface area contributed by atoms with Crippen LogP contribution in [0.15, 0.2) is 47.3 Å². The lowest BCUT2D eigenvalue weighted by Gasteiger charge is -2.36. The molecule has 14 heteroatoms. The Morgan fingerprint density at radius 3 is 2.33 bits per heavy atom. The van der Waals surface area contributed by atoms with Gasteiger partial charge in [0.15, 0.2) is 0 Å². The number of carbonyl (C=O) groups is 2. The van der Waals surface area contributed by atoms with E-state index in [9.17, 15) is 27.6 Å². The van der Waals surface area contributed by atoms with Gasteiger partial charge in [-0.3, -0.25) is 19.0 Å². The van der Waals surface area contributed by atoms with E-state index in [0.717, 1.165) is 0 Å². The van der Waals surface area contributed by atoms with Gasteiger partial charge in [0.05, 0.1) is 28.3 Å². The van der Waals surface area contributed by atoms with Crippen LogP contribution in [0.2, 0.25) is 10.0 Å². The first-order valence-electron chi connectivity index (χ1n) is 15.0. The molecule has 0 spiro atoms. The number of aromatic nitrogens is 2. The minimum absolute atomic E-state index is 0.0279. The monoisotopic (exact) mass is 679 g/mol. The summed E-state index contributed by atoms with van der Waals surface area (Å²) in [6, 6.07) is 9.13. The Morgan fingerprint density at radius 2 is 1.72 bits per heavy atom. The third kappa shape index (κ3) is 7.28. The summed E-state index contributed by atoms with van der Waals surface area (Å²) in [6.45, 7) is 3.76. The van der Waals surface area contributed by atoms with Crippen LogP contribution in [0, 0.1) is 5.92 Å². The lowest BCUT2D eigenvalue weighted by molar-refractivity contribution is -0.274. The highest BCUT2D eigenvalue weighted by atomic mass is 35.5. The first kappa shape index (κ1) is 33.6. The predicted molar refractivity (Wildman–Crippen MR) is 168 cm³/mol. The molecule has 246 valence electrons. The van der Waals surface area contributed by atoms with Gasteiger partial charge in [-0.15, -0.1) is 13.2 Å². The van der Waals surface area contributed by atoms with Crippen LogP contribution in [0.4, 0.5) is 19.1 Å². The zero-order valence-corrected chi connectivity index (χ0v) is 27.0. The smallest absolute Gasteiger partial charge is 0.406 e. The molecule has 2 aliphatic rings. The zero-order chi connectivity index (χ0) is 33.3. The highest BCUT2D eigenvalue weighted by Gasteiger charge is 2.35. The fourth-order valence-corrected chi connectivity index (χ4v) is 6.51. The van der Waals surface area contributed by atoms with Crippen LogP contribution in [0.25, 0.3) is 0 Å². The number of carbonyl (C=O) groups excluding carboxylic acids is 2. The fraction of sp³-hybridized carbons (Fsp3) is 0.438. The minimum Gasteiger partial charge on any atom is -0.406 e. The molecule has 0 radical (unpaired) electrons. The zero-order valence-electron chi connectivity index (χ0n) is 25.5. The Kier molecular flexibility index (Phi) is 9.88. The van der Waals surface area contributed by atoms with Crippen LogP contribution >= 0.6 is 23.2 Å². The molecule has 1 fully saturated rings. The van der Waals surface area contributed by atoms with Crippen molar-refractivity contribution in [3.8, 4) is 5.75 Å². The van der Waals surface area contributed by atoms with Crippen molar-refractivity contribution >= 4 is 41.0 Å². The number of fused-ring (bicyclic) bond motifs is 1. The van der Waals surface area contributed by atoms with Crippen molar-refractivity contribution in [3.63, 3.8) is 0 Å². The highest BCUT2D eigenvalue weighted by molar-refractivity contribution is 6.42. The van der Waals surface area contributed by atoms with Gasteiger partial charge in [-0.1, -0.05) is 35.3 Å². The van der Waals surface area contributed by atoms with E-state index >= 15 is 0 Å². The second-order valence-electron chi connectivity index (χ2n) is 11.8. The second-order valence-corrected chi connectivity index (χ2v) is 12.6. The Hall–Kier alpha value is -3.77. The van der Waals surface area contributed by atoms with Gasteiger partial charge < -0.3 is 20.3 Å². The van der Waals surface area contributed by atoms with Crippen molar-refractivity contribution in [3.05, 3.63) is 85.2 Å². The molecule has 1 aliphatic carbocycles. The first-order chi connectivity index (χ1) is 21.8. The summed E-state index contributed by atoms with van der Waals surface area (Å²) in [4.78, 5) is 46.6. The van der Waals surface area contributed by atoms with E-state index in [0.29, 0.717) is 53.1 Å². The summed E-state index contributed by atoms with van der Waals surface area (Å²) >= 11 is 12.2. The average Bonchev–Trinajstić information content (AvgIpc) is 3.01. The standard InChI is InChI=1S/C32H34Cl2F3N5O4/c1-17-14-24-27(16-41(17)29(44)21-8-13-25(33)26(34)15-21)40-31(39-18(2)19-6-11-23(12-7-19)46-32(35,36)37)42(30(24)45)22-9-4-20(5-10-22)28(43)38-3/h6-8,11-13,15,17-18,20,22H,4-5,9-10,14,16H2,1-3H3,(H,38,43)(H,39,40)/t17-,18+,20-,22+/m1/s1. The van der Waals surface area contributed by atoms with E-state index in [1.165, 1.54) is 30.3 Å². The minimum atomic E-state index is -4.81. The van der Waals surface area contributed by atoms with Crippen LogP contribution in [0.5, 0.6) is 5.75 Å². The Balaban J connectivity index is 1.48. The van der Waals surface area contributed by atoms with E-state index in [1.807, 2.05) is 6.92 Å². The van der Waals surface area contributed by atoms with Gasteiger partial charge in [0, 0.05) is 36.2 Å². The Morgan fingerprint density at radius 1 is 1.04 bits per heavy atom. The van der Waals surface area contributed by atoms with Crippen molar-refractivity contribution in [2.45, 2.75) is 77.0 Å². The number of nitrogens with one attached hydrogen (secondary N) is 2. The second kappa shape index (κ2) is 13.5. The molecule has 9 nitrogen and oxygen atoms in total. The number of halogens is 5. The summed E-state index contributed by atoms with van der Waals surface area (Å²) in [7, 11) is 1.61. The molecular formula is C32H34Cl2F3N5O4. The number of nitrogens with zero attached hydrogens (tertiary/aromatic N) is 3. The van der Waals surface area contributed by atoms with Gasteiger partial charge in [-0.25, -0.2) is 4.98 Å². The lowest BCUT2D eigenvalue weighted by Crippen LogP contribution is -2.46. The van der Waals surface area contributed by atoms with Gasteiger partial charge in [-0.05, 0) is 81.8 Å². The van der Waals surface area contributed by atoms with Crippen molar-refractivity contribution in [1.29, 1.82) is 0 Å². The SMILES string of the molecule is CNC(=O)[C@H]1CC[C@@H](n2c(N[C@@H](C)c3ccc(OC(F)(F)F)cc3)nc3c(c2=O)C[C@@H](C)N(C(=O)c2ccc(Cl)c(Cl)c2)C3)CC1. The number of anilines is 1. The van der Waals surface area contributed by atoms with Crippen molar-refractivity contribution in [2.24, 2.45) is 5.92 Å². The summed E-state index contributed by atoms with van der Waals surface area (Å²) in [6.07, 6.45) is -2.14. The molecule has 5 rings (SSSR count). The summed E-state index contributed by atoms with van der Waals surface area (Å²) < 4.78 is 43.7. The first-order valence-corrected chi connectivity index (χ1v) is 15.8. The van der Waals surface area contributed by atoms with Crippen molar-refractivity contribution in [1.82, 2.24) is 19.8 Å². The van der Waals surface area contributed by atoms with Crippen LogP contribution in [-0.4, -0.2) is 45.7 Å². The van der Waals surface area contributed by atoms with Crippen LogP contribution in [-0.2, 0) is 17.8 Å². The molecule has 0 saturated heterocycles. The Bertz CT molecular complexity index is 1670. The Labute approximate surface area is 274 Å². The molecule has 1 aliphatic heterocycles. The van der Waals surface area contributed by atoms with Gasteiger partial charge >= 0.3 is 6.36 Å². The topological polar surface area (TPSA) is 106 Å². The summed E-state index contributed by atoms with van der Waals surface area (Å²) in [5, 5.41) is 6.58. The number of amides is 2. The van der Waals surface area contributed by atoms with E-state index in [2.05, 4.69) is 15.4 Å². The molecule has 2 atom stereocenters. The number of rotatable bonds is 7. The third-order valence-electron chi connectivity index (χ3n) is 8.71. The molecule has 0 unspecified atom stereocenters. The number of benzene rings is 2. The molecule has 2 heterocycles. The van der Waals surface area contributed by atoms with Crippen molar-refractivity contribution in [2.75, 3.05) is 12.4 Å². The molecule has 2 N–H and O–H groups in total. The highest BCUT2D eigenvalue weighted by Crippen LogP contribution is 2.35. The molecule has 1 aromatic heterocycles. The van der Waals surface area contributed by atoms with Crippen LogP contribution < -0.4 is 20.9 Å². The molecule has 2 aromatic carbocycles. The maximum Gasteiger partial charge on any atom is 0.573 e. The maximum absolute atomic E-state index is 14.2. The van der Waals surface area contributed by atoms with Gasteiger partial charge in [0.25, 0.3) is 11.5 Å². The number of alkyl halides is 3. The van der Waals surface area contributed by atoms with Gasteiger partial charge in [0.2, 0.25) is 11.9 Å². The maximum atomic E-state index is 14.2. The largest absolute Gasteiger partial charge is 0.573 e. The predicted octanol–water partition coefficient (Wildman–Crippen LogP) is 6.69. The van der Waals surface area contributed by atoms with E-state index in [4.69, 9.17) is 28.2 Å². The number of hydrogen-bond donors (Lipinski definition) is 2. The van der Waals surface area contributed by atoms with Crippen molar-refractivity contribution < 1.29 is 27.5 Å². The molecule has 2 amide bonds. The average molecular weight is 681 g/mol. The fourth-order valence-electron chi connectivity index (χ4n) is 6.22. The quantitative estimate of drug-likeness (QED) is 0.289. The van der Waals surface area contributed by atoms with Gasteiger partial charge in [0.1, 0.15) is 5.75 Å². The van der Waals surface area contributed by atoms with E-state index in [-0.39, 0.29) is 65.1 Å². The van der Waals surface area contributed by atoms with E-state index in [1.54, 1.807) is 35.6 Å². The van der Waals surface area contributed by atoms with Crippen LogP contribution in [0.1, 0.15) is 78.8 Å². The summed E-state index contributed by atoms with van der Waals surface area (Å²) in [5.41, 5.74) is 1.75. The third-order valence-corrected chi connectivity index (χ3v) is 9.45. The normalized spacial score (nSPS) is 20.4. The van der Waals surface area contributed by atoms with Crippen LogP contribution in [0.3, 0.4) is 0 Å². The molecular weight excluding hydrogens is 646 g/mol. The number of ether oxygens (including phenoxy) is 1. The molecule has 46 heavy (non-hydrogen) atoms. The molecule has 1 saturated carbocycles. The molecule has 0 bridgehead atoms.